The predicted molar refractivity (Wildman–Crippen MR) is 46.4 cm³/mol. The average molecular weight is 181 g/mol. The second-order valence-electron chi connectivity index (χ2n) is 3.19. The normalized spacial score (nSPS) is 21.2. The molecule has 1 unspecified atom stereocenters. The molecular formula is C9H11NO3. The maximum atomic E-state index is 9.52. The van der Waals surface area contributed by atoms with Crippen LogP contribution >= 0.6 is 0 Å². The van der Waals surface area contributed by atoms with Crippen molar-refractivity contribution in [1.82, 2.24) is 5.32 Å². The van der Waals surface area contributed by atoms with Crippen LogP contribution in [0.1, 0.15) is 17.2 Å². The third kappa shape index (κ3) is 1.34. The van der Waals surface area contributed by atoms with E-state index < -0.39 is 6.10 Å². The smallest absolute Gasteiger partial charge is 0.157 e. The van der Waals surface area contributed by atoms with E-state index in [0.717, 1.165) is 5.56 Å². The Balaban J connectivity index is 2.52. The molecular weight excluding hydrogens is 170 g/mol. The summed E-state index contributed by atoms with van der Waals surface area (Å²) in [5, 5.41) is 30.9. The quantitative estimate of drug-likeness (QED) is 0.432. The highest BCUT2D eigenvalue weighted by Gasteiger charge is 2.19. The lowest BCUT2D eigenvalue weighted by molar-refractivity contribution is 0.164. The Bertz CT molecular complexity index is 338. The number of rotatable bonds is 0. The maximum absolute atomic E-state index is 9.52. The van der Waals surface area contributed by atoms with Crippen LogP contribution in [0.5, 0.6) is 11.5 Å². The summed E-state index contributed by atoms with van der Waals surface area (Å²) < 4.78 is 0. The Labute approximate surface area is 75.5 Å². The number of aliphatic hydroxyl groups excluding tert-OH is 1. The molecule has 0 saturated heterocycles. The molecule has 1 aromatic carbocycles. The highest BCUT2D eigenvalue weighted by atomic mass is 16.3. The van der Waals surface area contributed by atoms with Gasteiger partial charge < -0.3 is 20.6 Å². The van der Waals surface area contributed by atoms with Crippen LogP contribution in [-0.4, -0.2) is 21.9 Å². The number of phenols is 2. The lowest BCUT2D eigenvalue weighted by Gasteiger charge is -2.22. The van der Waals surface area contributed by atoms with Gasteiger partial charge in [-0.3, -0.25) is 0 Å². The van der Waals surface area contributed by atoms with Gasteiger partial charge in [0.25, 0.3) is 0 Å². The van der Waals surface area contributed by atoms with Crippen LogP contribution < -0.4 is 5.32 Å². The number of phenolic OH excluding ortho intramolecular Hbond substituents is 2. The van der Waals surface area contributed by atoms with E-state index in [1.54, 1.807) is 0 Å². The summed E-state index contributed by atoms with van der Waals surface area (Å²) in [5.41, 5.74) is 1.52. The van der Waals surface area contributed by atoms with Gasteiger partial charge in [0.2, 0.25) is 0 Å². The van der Waals surface area contributed by atoms with Crippen LogP contribution in [0.2, 0.25) is 0 Å². The van der Waals surface area contributed by atoms with Crippen molar-refractivity contribution in [1.29, 1.82) is 0 Å². The number of hydrogen-bond donors (Lipinski definition) is 4. The zero-order chi connectivity index (χ0) is 9.42. The first-order valence-corrected chi connectivity index (χ1v) is 4.12. The minimum Gasteiger partial charge on any atom is -0.504 e. The van der Waals surface area contributed by atoms with Gasteiger partial charge in [-0.2, -0.15) is 0 Å². The van der Waals surface area contributed by atoms with E-state index >= 15 is 0 Å². The van der Waals surface area contributed by atoms with Crippen molar-refractivity contribution >= 4 is 0 Å². The van der Waals surface area contributed by atoms with Crippen LogP contribution in [0.3, 0.4) is 0 Å². The SMILES string of the molecule is Oc1cc2c(cc1O)C(O)CNC2. The molecule has 1 heterocycles. The molecule has 1 aliphatic rings. The predicted octanol–water partition coefficient (Wildman–Crippen LogP) is 0.234. The molecule has 0 amide bonds. The fourth-order valence-electron chi connectivity index (χ4n) is 1.55. The van der Waals surface area contributed by atoms with Crippen molar-refractivity contribution in [3.05, 3.63) is 23.3 Å². The van der Waals surface area contributed by atoms with Gasteiger partial charge >= 0.3 is 0 Å². The van der Waals surface area contributed by atoms with Gasteiger partial charge in [0.1, 0.15) is 0 Å². The van der Waals surface area contributed by atoms with Gasteiger partial charge in [0, 0.05) is 13.1 Å². The molecule has 1 atom stereocenters. The number of nitrogens with one attached hydrogen (secondary N) is 1. The Morgan fingerprint density at radius 1 is 1.23 bits per heavy atom. The summed E-state index contributed by atoms with van der Waals surface area (Å²) in [6, 6.07) is 2.89. The highest BCUT2D eigenvalue weighted by Crippen LogP contribution is 2.32. The molecule has 0 aliphatic carbocycles. The molecule has 1 aromatic rings. The van der Waals surface area contributed by atoms with Crippen molar-refractivity contribution in [2.45, 2.75) is 12.6 Å². The molecule has 0 radical (unpaired) electrons. The first kappa shape index (κ1) is 8.34. The molecule has 13 heavy (non-hydrogen) atoms. The van der Waals surface area contributed by atoms with E-state index in [4.69, 9.17) is 0 Å². The Hall–Kier alpha value is -1.26. The van der Waals surface area contributed by atoms with Gasteiger partial charge in [0.05, 0.1) is 6.10 Å². The van der Waals surface area contributed by atoms with Crippen molar-refractivity contribution in [2.75, 3.05) is 6.54 Å². The zero-order valence-electron chi connectivity index (χ0n) is 6.99. The lowest BCUT2D eigenvalue weighted by Crippen LogP contribution is -2.27. The van der Waals surface area contributed by atoms with Gasteiger partial charge in [-0.25, -0.2) is 0 Å². The van der Waals surface area contributed by atoms with Gasteiger partial charge in [-0.15, -0.1) is 0 Å². The number of benzene rings is 1. The Morgan fingerprint density at radius 2 is 1.92 bits per heavy atom. The van der Waals surface area contributed by atoms with Crippen molar-refractivity contribution in [3.8, 4) is 11.5 Å². The number of fused-ring (bicyclic) bond motifs is 1. The molecule has 4 nitrogen and oxygen atoms in total. The number of aliphatic hydroxyl groups is 1. The van der Waals surface area contributed by atoms with Gasteiger partial charge in [0.15, 0.2) is 11.5 Å². The molecule has 4 heteroatoms. The van der Waals surface area contributed by atoms with E-state index in [9.17, 15) is 15.3 Å². The zero-order valence-corrected chi connectivity index (χ0v) is 6.99. The standard InChI is InChI=1S/C9H11NO3/c11-7-1-5-3-10-4-9(13)6(5)2-8(7)12/h1-2,9-13H,3-4H2. The first-order chi connectivity index (χ1) is 6.18. The number of β-amino-alcohol motifs (C(OH)–C–C–N with tert-alkyl or cyclic N) is 1. The Kier molecular flexibility index (Phi) is 1.86. The molecule has 0 aromatic heterocycles. The van der Waals surface area contributed by atoms with Crippen molar-refractivity contribution < 1.29 is 15.3 Å². The molecule has 70 valence electrons. The maximum Gasteiger partial charge on any atom is 0.157 e. The van der Waals surface area contributed by atoms with Crippen molar-refractivity contribution in [2.24, 2.45) is 0 Å². The topological polar surface area (TPSA) is 72.7 Å². The summed E-state index contributed by atoms with van der Waals surface area (Å²) in [6.45, 7) is 1.09. The molecule has 0 saturated carbocycles. The minimum atomic E-state index is -0.602. The largest absolute Gasteiger partial charge is 0.504 e. The molecule has 0 spiro atoms. The molecule has 0 bridgehead atoms. The summed E-state index contributed by atoms with van der Waals surface area (Å²) in [6.07, 6.45) is -0.602. The second-order valence-corrected chi connectivity index (χ2v) is 3.19. The molecule has 0 fully saturated rings. The van der Waals surface area contributed by atoms with Crippen LogP contribution in [0.15, 0.2) is 12.1 Å². The van der Waals surface area contributed by atoms with Gasteiger partial charge in [-0.1, -0.05) is 0 Å². The van der Waals surface area contributed by atoms with E-state index in [1.807, 2.05) is 0 Å². The summed E-state index contributed by atoms with van der Waals surface area (Å²) in [5.74, 6) is -0.325. The number of hydrogen-bond acceptors (Lipinski definition) is 4. The Morgan fingerprint density at radius 3 is 2.69 bits per heavy atom. The average Bonchev–Trinajstić information content (AvgIpc) is 2.09. The summed E-state index contributed by atoms with van der Waals surface area (Å²) in [7, 11) is 0. The van der Waals surface area contributed by atoms with Crippen LogP contribution in [0, 0.1) is 0 Å². The monoisotopic (exact) mass is 181 g/mol. The third-order valence-electron chi connectivity index (χ3n) is 2.25. The molecule has 2 rings (SSSR count). The van der Waals surface area contributed by atoms with E-state index in [-0.39, 0.29) is 11.5 Å². The fourth-order valence-corrected chi connectivity index (χ4v) is 1.55. The van der Waals surface area contributed by atoms with Crippen LogP contribution in [0.25, 0.3) is 0 Å². The first-order valence-electron chi connectivity index (χ1n) is 4.12. The molecule has 1 aliphatic heterocycles. The lowest BCUT2D eigenvalue weighted by atomic mass is 9.98. The van der Waals surface area contributed by atoms with E-state index in [1.165, 1.54) is 12.1 Å². The highest BCUT2D eigenvalue weighted by molar-refractivity contribution is 5.47. The van der Waals surface area contributed by atoms with Crippen molar-refractivity contribution in [3.63, 3.8) is 0 Å². The summed E-state index contributed by atoms with van der Waals surface area (Å²) in [4.78, 5) is 0. The van der Waals surface area contributed by atoms with Crippen LogP contribution in [-0.2, 0) is 6.54 Å². The third-order valence-corrected chi connectivity index (χ3v) is 2.25. The summed E-state index contributed by atoms with van der Waals surface area (Å²) >= 11 is 0. The van der Waals surface area contributed by atoms with Gasteiger partial charge in [-0.05, 0) is 23.3 Å². The molecule has 4 N–H and O–H groups in total. The van der Waals surface area contributed by atoms with E-state index in [2.05, 4.69) is 5.32 Å². The minimum absolute atomic E-state index is 0.144. The number of aromatic hydroxyl groups is 2. The van der Waals surface area contributed by atoms with E-state index in [0.29, 0.717) is 18.7 Å². The second kappa shape index (κ2) is 2.90. The van der Waals surface area contributed by atoms with Crippen LogP contribution in [0.4, 0.5) is 0 Å². The fraction of sp³-hybridized carbons (Fsp3) is 0.333.